The van der Waals surface area contributed by atoms with E-state index in [1.165, 1.54) is 6.07 Å². The van der Waals surface area contributed by atoms with E-state index >= 15 is 0 Å². The summed E-state index contributed by atoms with van der Waals surface area (Å²) in [6.07, 6.45) is -2.78. The van der Waals surface area contributed by atoms with Gasteiger partial charge in [0, 0.05) is 16.6 Å². The van der Waals surface area contributed by atoms with Crippen LogP contribution < -0.4 is 10.5 Å². The van der Waals surface area contributed by atoms with E-state index < -0.39 is 23.4 Å². The van der Waals surface area contributed by atoms with Crippen LogP contribution in [-0.2, 0) is 10.9 Å². The maximum atomic E-state index is 13.7. The van der Waals surface area contributed by atoms with Gasteiger partial charge in [-0.3, -0.25) is 4.98 Å². The molecule has 1 atom stereocenters. The summed E-state index contributed by atoms with van der Waals surface area (Å²) in [6.45, 7) is 11.7. The zero-order valence-electron chi connectivity index (χ0n) is 21.9. The van der Waals surface area contributed by atoms with Gasteiger partial charge in [0.25, 0.3) is 0 Å². The fourth-order valence-corrected chi connectivity index (χ4v) is 3.99. The Bertz CT molecular complexity index is 1210. The third kappa shape index (κ3) is 9.76. The van der Waals surface area contributed by atoms with Crippen LogP contribution in [0, 0.1) is 11.8 Å². The Morgan fingerprint density at radius 1 is 1.05 bits per heavy atom. The average molecular weight is 539 g/mol. The summed E-state index contributed by atoms with van der Waals surface area (Å²) in [7, 11) is 0. The maximum Gasteiger partial charge on any atom is 0.419 e. The van der Waals surface area contributed by atoms with Crippen LogP contribution in [0.1, 0.15) is 53.5 Å². The van der Waals surface area contributed by atoms with Crippen LogP contribution in [0.4, 0.5) is 18.0 Å². The SMILES string of the molecule is CC(C)(C)OC(N)=O.CC(C)CC(C)COc1ccc(-c2ccnc3cc(Cl)ccc23)cc1C(F)(F)F. The molecule has 5 nitrogen and oxygen atoms in total. The molecule has 0 saturated heterocycles. The summed E-state index contributed by atoms with van der Waals surface area (Å²) in [5.74, 6) is 0.495. The van der Waals surface area contributed by atoms with Gasteiger partial charge >= 0.3 is 12.3 Å². The maximum absolute atomic E-state index is 13.7. The minimum absolute atomic E-state index is 0.140. The molecule has 0 fully saturated rings. The van der Waals surface area contributed by atoms with Gasteiger partial charge in [0.05, 0.1) is 17.7 Å². The predicted octanol–water partition coefficient (Wildman–Crippen LogP) is 8.52. The first-order valence-corrected chi connectivity index (χ1v) is 12.3. The smallest absolute Gasteiger partial charge is 0.419 e. The second-order valence-electron chi connectivity index (χ2n) is 10.3. The first kappa shape index (κ1) is 30.2. The zero-order valence-corrected chi connectivity index (χ0v) is 22.7. The molecule has 9 heteroatoms. The van der Waals surface area contributed by atoms with Crippen molar-refractivity contribution >= 4 is 28.6 Å². The Hall–Kier alpha value is -3.00. The lowest BCUT2D eigenvalue weighted by atomic mass is 9.98. The fraction of sp³-hybridized carbons (Fsp3) is 0.429. The molecule has 1 amide bonds. The number of nitrogens with zero attached hydrogens (tertiary/aromatic N) is 1. The van der Waals surface area contributed by atoms with Gasteiger partial charge in [0.15, 0.2) is 0 Å². The summed E-state index contributed by atoms with van der Waals surface area (Å²) in [6, 6.07) is 11.1. The molecule has 0 aliphatic carbocycles. The molecule has 0 aliphatic rings. The van der Waals surface area contributed by atoms with Crippen LogP contribution in [0.25, 0.3) is 22.0 Å². The number of alkyl halides is 3. The largest absolute Gasteiger partial charge is 0.493 e. The number of primary amides is 1. The van der Waals surface area contributed by atoms with Crippen molar-refractivity contribution in [2.75, 3.05) is 6.61 Å². The van der Waals surface area contributed by atoms with Crippen LogP contribution >= 0.6 is 11.6 Å². The number of hydrogen-bond acceptors (Lipinski definition) is 4. The molecule has 3 rings (SSSR count). The third-order valence-corrected chi connectivity index (χ3v) is 5.34. The summed E-state index contributed by atoms with van der Waals surface area (Å²) in [4.78, 5) is 14.3. The van der Waals surface area contributed by atoms with E-state index in [9.17, 15) is 18.0 Å². The second-order valence-corrected chi connectivity index (χ2v) is 10.7. The van der Waals surface area contributed by atoms with Gasteiger partial charge in [0.2, 0.25) is 0 Å². The number of rotatable bonds is 6. The van der Waals surface area contributed by atoms with E-state index in [2.05, 4.69) is 23.6 Å². The van der Waals surface area contributed by atoms with Crippen molar-refractivity contribution in [2.24, 2.45) is 17.6 Å². The van der Waals surface area contributed by atoms with E-state index in [0.29, 0.717) is 27.6 Å². The lowest BCUT2D eigenvalue weighted by Crippen LogP contribution is -2.27. The molecule has 202 valence electrons. The van der Waals surface area contributed by atoms with Crippen LogP contribution in [0.5, 0.6) is 5.75 Å². The summed E-state index contributed by atoms with van der Waals surface area (Å²) in [5, 5.41) is 1.27. The first-order valence-electron chi connectivity index (χ1n) is 11.9. The number of carbonyl (C=O) groups excluding carboxylic acids is 1. The highest BCUT2D eigenvalue weighted by Gasteiger charge is 2.35. The topological polar surface area (TPSA) is 74.4 Å². The monoisotopic (exact) mass is 538 g/mol. The van der Waals surface area contributed by atoms with E-state index in [4.69, 9.17) is 22.1 Å². The molecule has 0 bridgehead atoms. The van der Waals surface area contributed by atoms with Crippen molar-refractivity contribution in [3.8, 4) is 16.9 Å². The van der Waals surface area contributed by atoms with Crippen LogP contribution in [-0.4, -0.2) is 23.3 Å². The molecule has 3 aromatic rings. The first-order chi connectivity index (χ1) is 17.1. The van der Waals surface area contributed by atoms with Crippen molar-refractivity contribution in [3.05, 3.63) is 59.2 Å². The van der Waals surface area contributed by atoms with Gasteiger partial charge in [0.1, 0.15) is 11.4 Å². The van der Waals surface area contributed by atoms with Crippen molar-refractivity contribution in [1.29, 1.82) is 0 Å². The summed E-state index contributed by atoms with van der Waals surface area (Å²) in [5.41, 5.74) is 5.24. The van der Waals surface area contributed by atoms with Gasteiger partial charge in [-0.05, 0) is 80.5 Å². The molecular weight excluding hydrogens is 505 g/mol. The molecule has 0 saturated carbocycles. The lowest BCUT2D eigenvalue weighted by molar-refractivity contribution is -0.139. The van der Waals surface area contributed by atoms with E-state index in [-0.39, 0.29) is 18.3 Å². The number of carbonyl (C=O) groups is 1. The van der Waals surface area contributed by atoms with Gasteiger partial charge in [-0.2, -0.15) is 13.2 Å². The average Bonchev–Trinajstić information content (AvgIpc) is 2.74. The highest BCUT2D eigenvalue weighted by atomic mass is 35.5. The molecule has 0 radical (unpaired) electrons. The molecular formula is C28H34ClF3N2O3. The number of pyridine rings is 1. The number of nitrogens with two attached hydrogens (primary N) is 1. The van der Waals surface area contributed by atoms with E-state index in [1.54, 1.807) is 57.3 Å². The van der Waals surface area contributed by atoms with Crippen molar-refractivity contribution < 1.29 is 27.4 Å². The standard InChI is InChI=1S/C23H23ClF3NO.C5H11NO2/c1-14(2)10-15(3)13-29-22-7-4-16(11-20(22)23(25,26)27)18-8-9-28-21-12-17(24)5-6-19(18)21;1-5(2,3)8-4(6)7/h4-9,11-12,14-15H,10,13H2,1-3H3;1-3H3,(H2,6,7). The number of fused-ring (bicyclic) bond motifs is 1. The van der Waals surface area contributed by atoms with Crippen LogP contribution in [0.2, 0.25) is 5.02 Å². The van der Waals surface area contributed by atoms with E-state index in [1.807, 2.05) is 6.92 Å². The Morgan fingerprint density at radius 3 is 2.27 bits per heavy atom. The second kappa shape index (κ2) is 12.5. The highest BCUT2D eigenvalue weighted by Crippen LogP contribution is 2.40. The molecule has 2 aromatic carbocycles. The number of benzene rings is 2. The fourth-order valence-electron chi connectivity index (χ4n) is 3.82. The van der Waals surface area contributed by atoms with Gasteiger partial charge in [-0.15, -0.1) is 0 Å². The van der Waals surface area contributed by atoms with Gasteiger partial charge in [-0.1, -0.05) is 44.5 Å². The highest BCUT2D eigenvalue weighted by molar-refractivity contribution is 6.31. The number of ether oxygens (including phenoxy) is 2. The minimum Gasteiger partial charge on any atom is -0.493 e. The summed E-state index contributed by atoms with van der Waals surface area (Å²) >= 11 is 6.01. The predicted molar refractivity (Wildman–Crippen MR) is 142 cm³/mol. The normalized spacial score (nSPS) is 12.6. The molecule has 37 heavy (non-hydrogen) atoms. The Balaban J connectivity index is 0.000000521. The van der Waals surface area contributed by atoms with Crippen LogP contribution in [0.15, 0.2) is 48.7 Å². The van der Waals surface area contributed by atoms with Crippen molar-refractivity contribution in [3.63, 3.8) is 0 Å². The van der Waals surface area contributed by atoms with E-state index in [0.717, 1.165) is 17.9 Å². The lowest BCUT2D eigenvalue weighted by Gasteiger charge is -2.19. The number of aromatic nitrogens is 1. The molecule has 0 aliphatic heterocycles. The van der Waals surface area contributed by atoms with Crippen molar-refractivity contribution in [1.82, 2.24) is 4.98 Å². The Morgan fingerprint density at radius 2 is 1.73 bits per heavy atom. The van der Waals surface area contributed by atoms with Crippen molar-refractivity contribution in [2.45, 2.75) is 59.7 Å². The molecule has 1 aromatic heterocycles. The Labute approximate surface area is 221 Å². The minimum atomic E-state index is -4.52. The number of amides is 1. The quantitative estimate of drug-likeness (QED) is 0.341. The number of hydrogen-bond donors (Lipinski definition) is 1. The third-order valence-electron chi connectivity index (χ3n) is 5.10. The van der Waals surface area contributed by atoms with Gasteiger partial charge < -0.3 is 15.2 Å². The summed E-state index contributed by atoms with van der Waals surface area (Å²) < 4.78 is 51.4. The molecule has 1 unspecified atom stereocenters. The molecule has 2 N–H and O–H groups in total. The molecule has 1 heterocycles. The molecule has 0 spiro atoms. The Kier molecular flexibility index (Phi) is 10.2. The number of halogens is 4. The zero-order chi connectivity index (χ0) is 28.0. The van der Waals surface area contributed by atoms with Crippen LogP contribution in [0.3, 0.4) is 0 Å². The van der Waals surface area contributed by atoms with Gasteiger partial charge in [-0.25, -0.2) is 4.79 Å².